The van der Waals surface area contributed by atoms with Crippen LogP contribution < -0.4 is 11.1 Å². The first-order valence-electron chi connectivity index (χ1n) is 7.03. The standard InChI is InChI=1S/C15H23N3S/c1-12-5-6-13(15(16)19)14(11-12)17-7-4-10-18-8-2-3-9-18/h5-6,11,17H,2-4,7-10H2,1H3,(H2,16,19). The van der Waals surface area contributed by atoms with Crippen molar-refractivity contribution in [2.45, 2.75) is 26.2 Å². The number of anilines is 1. The van der Waals surface area contributed by atoms with E-state index in [-0.39, 0.29) is 0 Å². The molecule has 0 saturated carbocycles. The molecule has 0 aromatic heterocycles. The number of rotatable bonds is 6. The maximum absolute atomic E-state index is 5.75. The lowest BCUT2D eigenvalue weighted by atomic mass is 10.1. The third-order valence-corrected chi connectivity index (χ3v) is 3.83. The van der Waals surface area contributed by atoms with Gasteiger partial charge < -0.3 is 16.0 Å². The second kappa shape index (κ2) is 6.87. The third-order valence-electron chi connectivity index (χ3n) is 3.61. The van der Waals surface area contributed by atoms with Crippen LogP contribution in [-0.2, 0) is 0 Å². The first kappa shape index (κ1) is 14.3. The van der Waals surface area contributed by atoms with Crippen molar-refractivity contribution in [3.05, 3.63) is 29.3 Å². The second-order valence-electron chi connectivity index (χ2n) is 5.24. The quantitative estimate of drug-likeness (QED) is 0.619. The molecule has 1 fully saturated rings. The highest BCUT2D eigenvalue weighted by molar-refractivity contribution is 7.80. The van der Waals surface area contributed by atoms with Gasteiger partial charge in [0.15, 0.2) is 0 Å². The van der Waals surface area contributed by atoms with Gasteiger partial charge in [-0.25, -0.2) is 0 Å². The van der Waals surface area contributed by atoms with E-state index in [1.165, 1.54) is 38.0 Å². The molecule has 0 bridgehead atoms. The average molecular weight is 277 g/mol. The average Bonchev–Trinajstić information content (AvgIpc) is 2.87. The van der Waals surface area contributed by atoms with Gasteiger partial charge in [0.1, 0.15) is 4.99 Å². The fourth-order valence-electron chi connectivity index (χ4n) is 2.55. The molecule has 0 aliphatic carbocycles. The maximum Gasteiger partial charge on any atom is 0.106 e. The molecule has 1 saturated heterocycles. The van der Waals surface area contributed by atoms with E-state index in [9.17, 15) is 0 Å². The molecule has 3 N–H and O–H groups in total. The Labute approximate surface area is 121 Å². The Morgan fingerprint density at radius 2 is 2.11 bits per heavy atom. The smallest absolute Gasteiger partial charge is 0.106 e. The summed E-state index contributed by atoms with van der Waals surface area (Å²) in [5.74, 6) is 0. The summed E-state index contributed by atoms with van der Waals surface area (Å²) < 4.78 is 0. The Morgan fingerprint density at radius 1 is 1.37 bits per heavy atom. The summed E-state index contributed by atoms with van der Waals surface area (Å²) in [6, 6.07) is 6.16. The Kier molecular flexibility index (Phi) is 5.16. The van der Waals surface area contributed by atoms with Crippen LogP contribution in [0.3, 0.4) is 0 Å². The summed E-state index contributed by atoms with van der Waals surface area (Å²) in [6.07, 6.45) is 3.87. The minimum Gasteiger partial charge on any atom is -0.389 e. The Balaban J connectivity index is 1.84. The van der Waals surface area contributed by atoms with E-state index in [2.05, 4.69) is 23.2 Å². The number of thiocarbonyl (C=S) groups is 1. The number of hydrogen-bond acceptors (Lipinski definition) is 3. The van der Waals surface area contributed by atoms with Crippen molar-refractivity contribution in [3.63, 3.8) is 0 Å². The molecule has 0 amide bonds. The van der Waals surface area contributed by atoms with E-state index in [0.29, 0.717) is 4.99 Å². The molecular weight excluding hydrogens is 254 g/mol. The lowest BCUT2D eigenvalue weighted by Crippen LogP contribution is -2.22. The van der Waals surface area contributed by atoms with Crippen LogP contribution >= 0.6 is 12.2 Å². The minimum absolute atomic E-state index is 0.460. The molecule has 0 atom stereocenters. The first-order chi connectivity index (χ1) is 9.16. The van der Waals surface area contributed by atoms with Crippen LogP contribution in [0.4, 0.5) is 5.69 Å². The van der Waals surface area contributed by atoms with Crippen LogP contribution in [0.1, 0.15) is 30.4 Å². The van der Waals surface area contributed by atoms with Gasteiger partial charge >= 0.3 is 0 Å². The molecule has 0 radical (unpaired) electrons. The first-order valence-corrected chi connectivity index (χ1v) is 7.44. The van der Waals surface area contributed by atoms with Crippen molar-refractivity contribution >= 4 is 22.9 Å². The maximum atomic E-state index is 5.75. The van der Waals surface area contributed by atoms with E-state index in [0.717, 1.165) is 24.2 Å². The summed E-state index contributed by atoms with van der Waals surface area (Å²) in [6.45, 7) is 6.76. The molecule has 4 heteroatoms. The summed E-state index contributed by atoms with van der Waals surface area (Å²) in [4.78, 5) is 2.99. The van der Waals surface area contributed by atoms with Crippen LogP contribution in [0, 0.1) is 6.92 Å². The molecule has 1 aliphatic heterocycles. The van der Waals surface area contributed by atoms with E-state index < -0.39 is 0 Å². The SMILES string of the molecule is Cc1ccc(C(N)=S)c(NCCCN2CCCC2)c1. The van der Waals surface area contributed by atoms with Gasteiger partial charge in [0.05, 0.1) is 0 Å². The van der Waals surface area contributed by atoms with Crippen molar-refractivity contribution in [2.75, 3.05) is 31.5 Å². The molecule has 19 heavy (non-hydrogen) atoms. The molecule has 1 aromatic rings. The van der Waals surface area contributed by atoms with E-state index in [4.69, 9.17) is 18.0 Å². The highest BCUT2D eigenvalue weighted by atomic mass is 32.1. The molecule has 104 valence electrons. The van der Waals surface area contributed by atoms with Crippen LogP contribution in [0.2, 0.25) is 0 Å². The van der Waals surface area contributed by atoms with Crippen molar-refractivity contribution < 1.29 is 0 Å². The summed E-state index contributed by atoms with van der Waals surface area (Å²) in [5, 5.41) is 3.47. The Hall–Kier alpha value is -1.13. The molecule has 0 spiro atoms. The normalized spacial score (nSPS) is 15.6. The van der Waals surface area contributed by atoms with Crippen molar-refractivity contribution in [3.8, 4) is 0 Å². The highest BCUT2D eigenvalue weighted by Crippen LogP contribution is 2.17. The zero-order valence-electron chi connectivity index (χ0n) is 11.6. The molecular formula is C15H23N3S. The van der Waals surface area contributed by atoms with Gasteiger partial charge in [-0.15, -0.1) is 0 Å². The number of aryl methyl sites for hydroxylation is 1. The van der Waals surface area contributed by atoms with Gasteiger partial charge in [0.25, 0.3) is 0 Å². The number of likely N-dealkylation sites (tertiary alicyclic amines) is 1. The molecule has 1 aliphatic rings. The van der Waals surface area contributed by atoms with Crippen LogP contribution in [0.5, 0.6) is 0 Å². The summed E-state index contributed by atoms with van der Waals surface area (Å²) in [7, 11) is 0. The number of benzene rings is 1. The van der Waals surface area contributed by atoms with Gasteiger partial charge in [-0.05, 0) is 63.5 Å². The lowest BCUT2D eigenvalue weighted by Gasteiger charge is -2.16. The van der Waals surface area contributed by atoms with Gasteiger partial charge in [0.2, 0.25) is 0 Å². The molecule has 0 unspecified atom stereocenters. The van der Waals surface area contributed by atoms with Crippen LogP contribution in [-0.4, -0.2) is 36.1 Å². The largest absolute Gasteiger partial charge is 0.389 e. The van der Waals surface area contributed by atoms with Crippen molar-refractivity contribution in [1.29, 1.82) is 0 Å². The van der Waals surface area contributed by atoms with Crippen molar-refractivity contribution in [1.82, 2.24) is 4.90 Å². The zero-order valence-corrected chi connectivity index (χ0v) is 12.4. The lowest BCUT2D eigenvalue weighted by molar-refractivity contribution is 0.337. The van der Waals surface area contributed by atoms with E-state index in [1.807, 2.05) is 12.1 Å². The second-order valence-corrected chi connectivity index (χ2v) is 5.68. The van der Waals surface area contributed by atoms with Gasteiger partial charge in [0, 0.05) is 17.8 Å². The zero-order chi connectivity index (χ0) is 13.7. The molecule has 2 rings (SSSR count). The predicted octanol–water partition coefficient (Wildman–Crippen LogP) is 2.53. The minimum atomic E-state index is 0.460. The van der Waals surface area contributed by atoms with Crippen LogP contribution in [0.15, 0.2) is 18.2 Å². The number of nitrogens with one attached hydrogen (secondary N) is 1. The van der Waals surface area contributed by atoms with Gasteiger partial charge in [-0.2, -0.15) is 0 Å². The van der Waals surface area contributed by atoms with Gasteiger partial charge in [-0.1, -0.05) is 18.3 Å². The third kappa shape index (κ3) is 4.18. The highest BCUT2D eigenvalue weighted by Gasteiger charge is 2.10. The molecule has 1 heterocycles. The molecule has 3 nitrogen and oxygen atoms in total. The van der Waals surface area contributed by atoms with E-state index in [1.54, 1.807) is 0 Å². The number of hydrogen-bond donors (Lipinski definition) is 2. The Morgan fingerprint density at radius 3 is 2.79 bits per heavy atom. The van der Waals surface area contributed by atoms with Crippen LogP contribution in [0.25, 0.3) is 0 Å². The van der Waals surface area contributed by atoms with Gasteiger partial charge in [-0.3, -0.25) is 0 Å². The van der Waals surface area contributed by atoms with Crippen molar-refractivity contribution in [2.24, 2.45) is 5.73 Å². The summed E-state index contributed by atoms with van der Waals surface area (Å²) >= 11 is 5.09. The topological polar surface area (TPSA) is 41.3 Å². The fourth-order valence-corrected chi connectivity index (χ4v) is 2.73. The number of nitrogens with zero attached hydrogens (tertiary/aromatic N) is 1. The fraction of sp³-hybridized carbons (Fsp3) is 0.533. The monoisotopic (exact) mass is 277 g/mol. The Bertz CT molecular complexity index is 439. The predicted molar refractivity (Wildman–Crippen MR) is 85.8 cm³/mol. The number of nitrogens with two attached hydrogens (primary N) is 1. The molecule has 1 aromatic carbocycles. The van der Waals surface area contributed by atoms with E-state index >= 15 is 0 Å². The summed E-state index contributed by atoms with van der Waals surface area (Å²) in [5.41, 5.74) is 8.99.